The Morgan fingerprint density at radius 1 is 1.09 bits per heavy atom. The zero-order valence-corrected chi connectivity index (χ0v) is 17.6. The highest BCUT2D eigenvalue weighted by Crippen LogP contribution is 2.39. The number of nitrogens with one attached hydrogen (secondary N) is 1. The molecular formula is C24H16F3N3OS. The van der Waals surface area contributed by atoms with Crippen LogP contribution >= 0.6 is 11.8 Å². The highest BCUT2D eigenvalue weighted by atomic mass is 32.2. The van der Waals surface area contributed by atoms with Crippen LogP contribution in [-0.4, -0.2) is 21.0 Å². The van der Waals surface area contributed by atoms with Crippen molar-refractivity contribution in [3.8, 4) is 17.3 Å². The summed E-state index contributed by atoms with van der Waals surface area (Å²) < 4.78 is 41.2. The zero-order valence-electron chi connectivity index (χ0n) is 16.8. The van der Waals surface area contributed by atoms with E-state index in [1.807, 2.05) is 24.3 Å². The van der Waals surface area contributed by atoms with Crippen molar-refractivity contribution in [3.05, 3.63) is 83.6 Å². The molecule has 1 atom stereocenters. The number of pyridine rings is 1. The second kappa shape index (κ2) is 8.52. The summed E-state index contributed by atoms with van der Waals surface area (Å²) in [7, 11) is 0. The molecule has 0 radical (unpaired) electrons. The lowest BCUT2D eigenvalue weighted by molar-refractivity contribution is -0.138. The first kappa shape index (κ1) is 21.7. The van der Waals surface area contributed by atoms with Gasteiger partial charge in [-0.25, -0.2) is 4.98 Å². The number of carbonyl (C=O) groups is 1. The van der Waals surface area contributed by atoms with Crippen LogP contribution in [0.25, 0.3) is 22.2 Å². The first-order valence-corrected chi connectivity index (χ1v) is 10.5. The number of aromatic nitrogens is 2. The summed E-state index contributed by atoms with van der Waals surface area (Å²) in [5, 5.41) is 9.45. The van der Waals surface area contributed by atoms with Crippen LogP contribution in [0.3, 0.4) is 0 Å². The van der Waals surface area contributed by atoms with Crippen molar-refractivity contribution in [2.45, 2.75) is 23.4 Å². The van der Waals surface area contributed by atoms with E-state index in [1.54, 1.807) is 49.4 Å². The highest BCUT2D eigenvalue weighted by molar-refractivity contribution is 8.00. The molecule has 160 valence electrons. The topological polar surface area (TPSA) is 69.5 Å². The van der Waals surface area contributed by atoms with Gasteiger partial charge < -0.3 is 4.98 Å². The van der Waals surface area contributed by atoms with Crippen molar-refractivity contribution in [1.29, 1.82) is 5.26 Å². The molecule has 0 aliphatic carbocycles. The van der Waals surface area contributed by atoms with E-state index in [4.69, 9.17) is 0 Å². The normalized spacial score (nSPS) is 12.5. The van der Waals surface area contributed by atoms with Crippen LogP contribution in [0.4, 0.5) is 13.2 Å². The summed E-state index contributed by atoms with van der Waals surface area (Å²) in [6.07, 6.45) is -4.74. The number of rotatable bonds is 5. The number of alkyl halides is 3. The number of H-pyrrole nitrogens is 1. The maximum Gasteiger partial charge on any atom is 0.417 e. The van der Waals surface area contributed by atoms with E-state index in [0.29, 0.717) is 11.3 Å². The fraction of sp³-hybridized carbons (Fsp3) is 0.125. The van der Waals surface area contributed by atoms with Gasteiger partial charge in [-0.15, -0.1) is 0 Å². The first-order chi connectivity index (χ1) is 15.3. The van der Waals surface area contributed by atoms with Crippen molar-refractivity contribution in [1.82, 2.24) is 9.97 Å². The molecule has 0 aliphatic heterocycles. The molecule has 1 N–H and O–H groups in total. The van der Waals surface area contributed by atoms with Gasteiger partial charge in [0.25, 0.3) is 0 Å². The lowest BCUT2D eigenvalue weighted by atomic mass is 10.1. The lowest BCUT2D eigenvalue weighted by Crippen LogP contribution is -2.16. The van der Waals surface area contributed by atoms with Crippen LogP contribution in [0.5, 0.6) is 0 Å². The Balaban J connectivity index is 1.74. The van der Waals surface area contributed by atoms with Crippen molar-refractivity contribution < 1.29 is 18.0 Å². The molecule has 32 heavy (non-hydrogen) atoms. The number of thioether (sulfide) groups is 1. The number of ketones is 1. The summed E-state index contributed by atoms with van der Waals surface area (Å²) in [5.74, 6) is -0.296. The Hall–Kier alpha value is -3.57. The van der Waals surface area contributed by atoms with Crippen LogP contribution in [-0.2, 0) is 6.18 Å². The third-order valence-electron chi connectivity index (χ3n) is 4.93. The number of aromatic amines is 1. The molecular weight excluding hydrogens is 435 g/mol. The van der Waals surface area contributed by atoms with E-state index in [2.05, 4.69) is 9.97 Å². The minimum Gasteiger partial charge on any atom is -0.352 e. The molecule has 2 aromatic carbocycles. The maximum absolute atomic E-state index is 13.7. The van der Waals surface area contributed by atoms with Gasteiger partial charge in [-0.05, 0) is 25.1 Å². The monoisotopic (exact) mass is 451 g/mol. The predicted octanol–water partition coefficient (Wildman–Crippen LogP) is 6.48. The number of hydrogen-bond donors (Lipinski definition) is 1. The Bertz CT molecular complexity index is 1310. The number of para-hydroxylation sites is 1. The highest BCUT2D eigenvalue weighted by Gasteiger charge is 2.36. The number of nitrogens with zero attached hydrogens (tertiary/aromatic N) is 2. The molecule has 2 aromatic heterocycles. The lowest BCUT2D eigenvalue weighted by Gasteiger charge is -2.16. The average molecular weight is 451 g/mol. The fourth-order valence-electron chi connectivity index (χ4n) is 3.34. The summed E-state index contributed by atoms with van der Waals surface area (Å²) in [4.78, 5) is 20.3. The number of carbonyl (C=O) groups excluding carboxylic acids is 1. The average Bonchev–Trinajstić information content (AvgIpc) is 3.22. The smallest absolute Gasteiger partial charge is 0.352 e. The van der Waals surface area contributed by atoms with Crippen LogP contribution in [0.15, 0.2) is 71.8 Å². The van der Waals surface area contributed by atoms with Gasteiger partial charge in [-0.3, -0.25) is 4.79 Å². The van der Waals surface area contributed by atoms with Gasteiger partial charge in [-0.1, -0.05) is 60.3 Å². The number of nitriles is 1. The largest absolute Gasteiger partial charge is 0.417 e. The molecule has 4 rings (SSSR count). The summed E-state index contributed by atoms with van der Waals surface area (Å²) in [5.41, 5.74) is 0.0537. The number of benzene rings is 2. The van der Waals surface area contributed by atoms with Gasteiger partial charge in [0.15, 0.2) is 5.78 Å². The fourth-order valence-corrected chi connectivity index (χ4v) is 4.33. The van der Waals surface area contributed by atoms with Crippen molar-refractivity contribution in [2.24, 2.45) is 0 Å². The number of halogens is 3. The van der Waals surface area contributed by atoms with Gasteiger partial charge >= 0.3 is 6.18 Å². The number of hydrogen-bond acceptors (Lipinski definition) is 4. The summed E-state index contributed by atoms with van der Waals surface area (Å²) in [6.45, 7) is 1.59. The number of Topliss-reactive ketones (excluding diaryl/α,β-unsaturated/α-hetero) is 1. The van der Waals surface area contributed by atoms with Crippen LogP contribution < -0.4 is 0 Å². The van der Waals surface area contributed by atoms with E-state index in [-0.39, 0.29) is 16.5 Å². The third kappa shape index (κ3) is 4.25. The molecule has 0 unspecified atom stereocenters. The van der Waals surface area contributed by atoms with E-state index in [9.17, 15) is 23.2 Å². The second-order valence-corrected chi connectivity index (χ2v) is 8.43. The predicted molar refractivity (Wildman–Crippen MR) is 117 cm³/mol. The van der Waals surface area contributed by atoms with Crippen LogP contribution in [0.2, 0.25) is 0 Å². The Kier molecular flexibility index (Phi) is 5.76. The minimum atomic E-state index is -4.74. The molecule has 0 saturated carbocycles. The molecule has 0 aliphatic rings. The molecule has 2 heterocycles. The second-order valence-electron chi connectivity index (χ2n) is 7.11. The van der Waals surface area contributed by atoms with Gasteiger partial charge in [0.05, 0.1) is 27.8 Å². The van der Waals surface area contributed by atoms with E-state index < -0.39 is 22.6 Å². The van der Waals surface area contributed by atoms with Gasteiger partial charge in [-0.2, -0.15) is 18.4 Å². The Labute approximate surface area is 186 Å². The maximum atomic E-state index is 13.7. The van der Waals surface area contributed by atoms with E-state index in [1.165, 1.54) is 0 Å². The minimum absolute atomic E-state index is 0.0877. The van der Waals surface area contributed by atoms with Crippen molar-refractivity contribution in [2.75, 3.05) is 0 Å². The molecule has 0 spiro atoms. The molecule has 0 saturated heterocycles. The number of fused-ring (bicyclic) bond motifs is 1. The van der Waals surface area contributed by atoms with Gasteiger partial charge in [0.1, 0.15) is 11.1 Å². The van der Waals surface area contributed by atoms with Crippen LogP contribution in [0, 0.1) is 11.3 Å². The molecule has 4 nitrogen and oxygen atoms in total. The molecule has 8 heteroatoms. The SMILES string of the molecule is C[C@@H](Sc1nc(-c2ccccc2)cc(C(F)(F)F)c1C#N)C(=O)c1cc2ccccc2[nH]1. The third-order valence-corrected chi connectivity index (χ3v) is 6.01. The van der Waals surface area contributed by atoms with E-state index >= 15 is 0 Å². The first-order valence-electron chi connectivity index (χ1n) is 9.64. The van der Waals surface area contributed by atoms with Crippen LogP contribution in [0.1, 0.15) is 28.5 Å². The van der Waals surface area contributed by atoms with Gasteiger partial charge in [0.2, 0.25) is 0 Å². The Morgan fingerprint density at radius 3 is 2.44 bits per heavy atom. The van der Waals surface area contributed by atoms with Crippen molar-refractivity contribution in [3.63, 3.8) is 0 Å². The van der Waals surface area contributed by atoms with E-state index in [0.717, 1.165) is 28.7 Å². The quantitative estimate of drug-likeness (QED) is 0.278. The summed E-state index contributed by atoms with van der Waals surface area (Å²) in [6, 6.07) is 20.0. The standard InChI is InChI=1S/C24H16F3N3OS/c1-14(22(31)21-11-16-9-5-6-10-19(16)29-21)32-23-17(13-28)18(24(25,26)27)12-20(30-23)15-7-3-2-4-8-15/h2-12,14,29H,1H3/t14-/m1/s1. The molecule has 0 bridgehead atoms. The zero-order chi connectivity index (χ0) is 22.9. The van der Waals surface area contributed by atoms with Crippen molar-refractivity contribution >= 4 is 28.4 Å². The summed E-state index contributed by atoms with van der Waals surface area (Å²) >= 11 is 0.844. The molecule has 0 amide bonds. The Morgan fingerprint density at radius 2 is 1.78 bits per heavy atom. The molecule has 4 aromatic rings. The molecule has 0 fully saturated rings. The van der Waals surface area contributed by atoms with Gasteiger partial charge in [0, 0.05) is 16.5 Å².